The Bertz CT molecular complexity index is 258. The number of hydrogen-bond acceptors (Lipinski definition) is 2. The van der Waals surface area contributed by atoms with Crippen molar-refractivity contribution in [1.29, 1.82) is 0 Å². The Kier molecular flexibility index (Phi) is 3.74. The van der Waals surface area contributed by atoms with Crippen LogP contribution in [0.15, 0.2) is 0 Å². The third kappa shape index (κ3) is 3.51. The summed E-state index contributed by atoms with van der Waals surface area (Å²) >= 11 is 0. The summed E-state index contributed by atoms with van der Waals surface area (Å²) in [7, 11) is -5.19. The summed E-state index contributed by atoms with van der Waals surface area (Å²) in [5.74, 6) is -0.183. The van der Waals surface area contributed by atoms with Crippen LogP contribution in [0, 0.1) is 5.92 Å². The molecule has 0 fully saturated rings. The number of sulfonamides is 1. The van der Waals surface area contributed by atoms with Gasteiger partial charge in [0.25, 0.3) is 0 Å². The molecule has 0 saturated heterocycles. The third-order valence-electron chi connectivity index (χ3n) is 1.65. The van der Waals surface area contributed by atoms with Crippen molar-refractivity contribution in [1.82, 2.24) is 4.72 Å². The molecule has 0 aliphatic carbocycles. The Morgan fingerprint density at radius 1 is 1.15 bits per heavy atom. The first-order valence-corrected chi connectivity index (χ1v) is 5.15. The van der Waals surface area contributed by atoms with Gasteiger partial charge in [-0.15, -0.1) is 0 Å². The Morgan fingerprint density at radius 3 is 1.77 bits per heavy atom. The highest BCUT2D eigenvalue weighted by molar-refractivity contribution is 7.90. The number of hydrogen-bond donors (Lipinski definition) is 1. The molecule has 0 bridgehead atoms. The van der Waals surface area contributed by atoms with Crippen LogP contribution < -0.4 is 4.72 Å². The van der Waals surface area contributed by atoms with E-state index in [1.807, 2.05) is 0 Å². The van der Waals surface area contributed by atoms with Crippen molar-refractivity contribution in [3.8, 4) is 0 Å². The Balaban J connectivity index is 4.55. The topological polar surface area (TPSA) is 46.2 Å². The van der Waals surface area contributed by atoms with Crippen LogP contribution in [0.1, 0.15) is 20.8 Å². The summed E-state index contributed by atoms with van der Waals surface area (Å²) in [5.41, 5.74) is -5.23. The van der Waals surface area contributed by atoms with Gasteiger partial charge in [-0.05, 0) is 12.8 Å². The molecule has 1 N–H and O–H groups in total. The number of nitrogens with one attached hydrogen (secondary N) is 1. The highest BCUT2D eigenvalue weighted by atomic mass is 32.2. The van der Waals surface area contributed by atoms with Crippen molar-refractivity contribution in [3.05, 3.63) is 0 Å². The Morgan fingerprint density at radius 2 is 1.54 bits per heavy atom. The monoisotopic (exact) mass is 219 g/mol. The average Bonchev–Trinajstić information content (AvgIpc) is 1.83. The van der Waals surface area contributed by atoms with E-state index in [1.54, 1.807) is 18.6 Å². The van der Waals surface area contributed by atoms with Crippen LogP contribution in [-0.2, 0) is 10.0 Å². The summed E-state index contributed by atoms with van der Waals surface area (Å²) in [6.07, 6.45) is 0. The first-order chi connectivity index (χ1) is 5.58. The molecule has 0 aromatic rings. The molecule has 0 rings (SSSR count). The minimum Gasteiger partial charge on any atom is -0.204 e. The highest BCUT2D eigenvalue weighted by Crippen LogP contribution is 2.22. The fourth-order valence-electron chi connectivity index (χ4n) is 0.448. The number of rotatable bonds is 3. The largest absolute Gasteiger partial charge is 0.511 e. The maximum atomic E-state index is 11.8. The second-order valence-corrected chi connectivity index (χ2v) is 4.81. The summed E-state index contributed by atoms with van der Waals surface area (Å²) in [6.45, 7) is 4.64. The molecule has 0 amide bonds. The van der Waals surface area contributed by atoms with Gasteiger partial charge in [-0.2, -0.15) is 13.2 Å². The van der Waals surface area contributed by atoms with E-state index in [9.17, 15) is 21.6 Å². The molecule has 0 aromatic heterocycles. The van der Waals surface area contributed by atoms with Gasteiger partial charge >= 0.3 is 15.5 Å². The lowest BCUT2D eigenvalue weighted by Crippen LogP contribution is -2.43. The van der Waals surface area contributed by atoms with Crippen molar-refractivity contribution in [3.63, 3.8) is 0 Å². The van der Waals surface area contributed by atoms with E-state index in [4.69, 9.17) is 0 Å². The summed E-state index contributed by atoms with van der Waals surface area (Å²) in [5, 5.41) is 0. The zero-order valence-corrected chi connectivity index (χ0v) is 8.33. The SMILES string of the molecule is CC(C)C(C)NS(=O)(=O)C(F)(F)F. The lowest BCUT2D eigenvalue weighted by molar-refractivity contribution is -0.0451. The quantitative estimate of drug-likeness (QED) is 0.781. The van der Waals surface area contributed by atoms with Gasteiger partial charge in [0, 0.05) is 6.04 Å². The molecular formula is C6H12F3NO2S. The Hall–Kier alpha value is -0.300. The zero-order valence-electron chi connectivity index (χ0n) is 7.51. The standard InChI is InChI=1S/C6H12F3NO2S/c1-4(2)5(3)10-13(11,12)6(7,8)9/h4-5,10H,1-3H3. The highest BCUT2D eigenvalue weighted by Gasteiger charge is 2.46. The molecule has 0 spiro atoms. The second-order valence-electron chi connectivity index (χ2n) is 3.10. The van der Waals surface area contributed by atoms with Crippen molar-refractivity contribution in [2.24, 2.45) is 5.92 Å². The molecule has 0 radical (unpaired) electrons. The molecule has 3 nitrogen and oxygen atoms in total. The zero-order chi connectivity index (χ0) is 10.9. The van der Waals surface area contributed by atoms with Gasteiger partial charge in [0.2, 0.25) is 0 Å². The van der Waals surface area contributed by atoms with Crippen molar-refractivity contribution >= 4 is 10.0 Å². The van der Waals surface area contributed by atoms with Crippen LogP contribution in [0.4, 0.5) is 13.2 Å². The molecule has 80 valence electrons. The molecule has 1 atom stereocenters. The third-order valence-corrected chi connectivity index (χ3v) is 2.94. The molecule has 0 saturated carbocycles. The fourth-order valence-corrected chi connectivity index (χ4v) is 1.34. The van der Waals surface area contributed by atoms with E-state index in [0.29, 0.717) is 0 Å². The maximum Gasteiger partial charge on any atom is 0.511 e. The smallest absolute Gasteiger partial charge is 0.204 e. The molecule has 1 unspecified atom stereocenters. The van der Waals surface area contributed by atoms with Gasteiger partial charge in [0.15, 0.2) is 0 Å². The van der Waals surface area contributed by atoms with Gasteiger partial charge in [0.1, 0.15) is 0 Å². The van der Waals surface area contributed by atoms with Crippen LogP contribution in [-0.4, -0.2) is 20.0 Å². The average molecular weight is 219 g/mol. The van der Waals surface area contributed by atoms with E-state index in [-0.39, 0.29) is 5.92 Å². The van der Waals surface area contributed by atoms with Crippen molar-refractivity contribution < 1.29 is 21.6 Å². The van der Waals surface area contributed by atoms with Crippen LogP contribution >= 0.6 is 0 Å². The minimum atomic E-state index is -5.23. The van der Waals surface area contributed by atoms with Gasteiger partial charge in [-0.25, -0.2) is 13.1 Å². The normalized spacial score (nSPS) is 16.2. The van der Waals surface area contributed by atoms with Gasteiger partial charge < -0.3 is 0 Å². The lowest BCUT2D eigenvalue weighted by atomic mass is 10.1. The predicted octanol–water partition coefficient (Wildman–Crippen LogP) is 1.47. The van der Waals surface area contributed by atoms with Crippen LogP contribution in [0.5, 0.6) is 0 Å². The van der Waals surface area contributed by atoms with E-state index in [1.165, 1.54) is 6.92 Å². The molecule has 13 heavy (non-hydrogen) atoms. The van der Waals surface area contributed by atoms with E-state index in [2.05, 4.69) is 0 Å². The molecule has 0 heterocycles. The number of alkyl halides is 3. The molecule has 0 aliphatic rings. The van der Waals surface area contributed by atoms with Crippen LogP contribution in [0.3, 0.4) is 0 Å². The van der Waals surface area contributed by atoms with E-state index >= 15 is 0 Å². The predicted molar refractivity (Wildman–Crippen MR) is 42.4 cm³/mol. The molecule has 7 heteroatoms. The first kappa shape index (κ1) is 12.7. The summed E-state index contributed by atoms with van der Waals surface area (Å²) < 4.78 is 58.0. The van der Waals surface area contributed by atoms with E-state index in [0.717, 1.165) is 0 Å². The van der Waals surface area contributed by atoms with E-state index < -0.39 is 21.6 Å². The minimum absolute atomic E-state index is 0.183. The maximum absolute atomic E-state index is 11.8. The van der Waals surface area contributed by atoms with Gasteiger partial charge in [-0.1, -0.05) is 13.8 Å². The molecule has 0 aromatic carbocycles. The first-order valence-electron chi connectivity index (χ1n) is 3.66. The van der Waals surface area contributed by atoms with Crippen molar-refractivity contribution in [2.75, 3.05) is 0 Å². The number of halogens is 3. The summed E-state index contributed by atoms with van der Waals surface area (Å²) in [4.78, 5) is 0. The van der Waals surface area contributed by atoms with Gasteiger partial charge in [0.05, 0.1) is 0 Å². The van der Waals surface area contributed by atoms with Crippen molar-refractivity contribution in [2.45, 2.75) is 32.3 Å². The Labute approximate surface area is 75.4 Å². The van der Waals surface area contributed by atoms with Gasteiger partial charge in [-0.3, -0.25) is 0 Å². The molecular weight excluding hydrogens is 207 g/mol. The van der Waals surface area contributed by atoms with Crippen LogP contribution in [0.2, 0.25) is 0 Å². The second kappa shape index (κ2) is 3.83. The van der Waals surface area contributed by atoms with Crippen LogP contribution in [0.25, 0.3) is 0 Å². The lowest BCUT2D eigenvalue weighted by Gasteiger charge is -2.18. The molecule has 0 aliphatic heterocycles. The summed E-state index contributed by atoms with van der Waals surface area (Å²) in [6, 6.07) is -0.730. The fraction of sp³-hybridized carbons (Fsp3) is 1.00.